The van der Waals surface area contributed by atoms with Gasteiger partial charge in [-0.05, 0) is 96.3 Å². The molecule has 0 heterocycles. The molecule has 0 spiro atoms. The average molecular weight is 1000 g/mol. The van der Waals surface area contributed by atoms with Crippen LogP contribution in [0.2, 0.25) is 0 Å². The summed E-state index contributed by atoms with van der Waals surface area (Å²) in [6, 6.07) is 0. The molecular weight excluding hydrogens is 889 g/mol. The van der Waals surface area contributed by atoms with Crippen molar-refractivity contribution in [1.82, 2.24) is 0 Å². The van der Waals surface area contributed by atoms with Crippen molar-refractivity contribution in [3.05, 3.63) is 97.2 Å². The van der Waals surface area contributed by atoms with E-state index < -0.39 is 6.10 Å². The van der Waals surface area contributed by atoms with Gasteiger partial charge in [0.1, 0.15) is 13.2 Å². The highest BCUT2D eigenvalue weighted by molar-refractivity contribution is 5.71. The summed E-state index contributed by atoms with van der Waals surface area (Å²) < 4.78 is 16.8. The molecule has 0 amide bonds. The van der Waals surface area contributed by atoms with E-state index >= 15 is 0 Å². The first-order valence-electron chi connectivity index (χ1n) is 30.2. The molecule has 0 aromatic heterocycles. The normalized spacial score (nSPS) is 12.8. The molecule has 0 saturated heterocycles. The quantitative estimate of drug-likeness (QED) is 0.0261. The van der Waals surface area contributed by atoms with E-state index in [9.17, 15) is 14.4 Å². The van der Waals surface area contributed by atoms with Gasteiger partial charge in [0.25, 0.3) is 0 Å². The second-order valence-corrected chi connectivity index (χ2v) is 19.9. The highest BCUT2D eigenvalue weighted by Crippen LogP contribution is 2.16. The summed E-state index contributed by atoms with van der Waals surface area (Å²) in [7, 11) is 0. The molecule has 0 N–H and O–H groups in total. The summed E-state index contributed by atoms with van der Waals surface area (Å²) in [6.45, 7) is 6.36. The van der Waals surface area contributed by atoms with Gasteiger partial charge < -0.3 is 14.2 Å². The van der Waals surface area contributed by atoms with E-state index in [1.807, 2.05) is 0 Å². The van der Waals surface area contributed by atoms with Crippen molar-refractivity contribution in [3.63, 3.8) is 0 Å². The molecule has 0 bridgehead atoms. The Hall–Kier alpha value is -3.67. The van der Waals surface area contributed by atoms with Crippen LogP contribution in [-0.2, 0) is 28.6 Å². The fourth-order valence-electron chi connectivity index (χ4n) is 8.37. The third-order valence-electron chi connectivity index (χ3n) is 12.8. The van der Waals surface area contributed by atoms with Gasteiger partial charge in [-0.15, -0.1) is 0 Å². The fourth-order valence-corrected chi connectivity index (χ4v) is 8.37. The van der Waals surface area contributed by atoms with Crippen molar-refractivity contribution in [2.24, 2.45) is 0 Å². The monoisotopic (exact) mass is 1000 g/mol. The van der Waals surface area contributed by atoms with E-state index in [4.69, 9.17) is 14.2 Å². The van der Waals surface area contributed by atoms with Crippen molar-refractivity contribution in [1.29, 1.82) is 0 Å². The maximum absolute atomic E-state index is 12.8. The van der Waals surface area contributed by atoms with Gasteiger partial charge in [-0.3, -0.25) is 14.4 Å². The molecule has 0 rings (SSSR count). The van der Waals surface area contributed by atoms with E-state index in [1.54, 1.807) is 0 Å². The van der Waals surface area contributed by atoms with Crippen LogP contribution >= 0.6 is 0 Å². The topological polar surface area (TPSA) is 78.9 Å². The lowest BCUT2D eigenvalue weighted by atomic mass is 10.0. The molecule has 1 atom stereocenters. The molecule has 0 saturated carbocycles. The Bertz CT molecular complexity index is 1430. The minimum atomic E-state index is -0.781. The van der Waals surface area contributed by atoms with Crippen LogP contribution < -0.4 is 0 Å². The molecule has 0 radical (unpaired) electrons. The lowest BCUT2D eigenvalue weighted by Gasteiger charge is -2.18. The summed E-state index contributed by atoms with van der Waals surface area (Å²) in [4.78, 5) is 37.9. The number of hydrogen-bond donors (Lipinski definition) is 0. The van der Waals surface area contributed by atoms with Crippen molar-refractivity contribution < 1.29 is 28.6 Å². The van der Waals surface area contributed by atoms with Crippen LogP contribution in [0.1, 0.15) is 284 Å². The smallest absolute Gasteiger partial charge is 0.306 e. The highest BCUT2D eigenvalue weighted by atomic mass is 16.6. The molecule has 0 aliphatic carbocycles. The standard InChI is InChI=1S/C66H112O6/c1-4-7-10-13-16-18-20-22-24-26-28-29-30-31-32-33-34-35-36-37-39-40-42-44-46-48-50-53-56-59-65(68)71-62-63(61-70-64(67)58-55-52-15-12-9-6-3)72-66(69)60-57-54-51-49-47-45-43-41-38-27-25-23-21-19-17-14-11-8-5-2/h7-8,10-11,16-19,22-25,28-29,38,41,63H,4-6,9,12-15,20-21,26-27,30-37,39-40,42-62H2,1-3H3/b10-7-,11-8-,18-16-,19-17-,24-22-,25-23-,29-28-,41-38-. The first-order chi connectivity index (χ1) is 35.5. The van der Waals surface area contributed by atoms with Crippen molar-refractivity contribution >= 4 is 17.9 Å². The van der Waals surface area contributed by atoms with Gasteiger partial charge >= 0.3 is 17.9 Å². The number of unbranched alkanes of at least 4 members (excludes halogenated alkanes) is 27. The second kappa shape index (κ2) is 59.9. The zero-order valence-electron chi connectivity index (χ0n) is 47.2. The van der Waals surface area contributed by atoms with Gasteiger partial charge in [0.15, 0.2) is 6.10 Å². The van der Waals surface area contributed by atoms with Crippen LogP contribution in [0.4, 0.5) is 0 Å². The van der Waals surface area contributed by atoms with E-state index in [1.165, 1.54) is 122 Å². The summed E-state index contributed by atoms with van der Waals surface area (Å²) in [5.41, 5.74) is 0. The Labute approximate surface area is 445 Å². The summed E-state index contributed by atoms with van der Waals surface area (Å²) in [5, 5.41) is 0. The van der Waals surface area contributed by atoms with Crippen LogP contribution in [0.5, 0.6) is 0 Å². The SMILES string of the molecule is CC/C=C\C/C=C\C/C=C\C/C=C\CCCCCCCCCCCCCCCCCCC(=O)OCC(COC(=O)CCCCCCCC)OC(=O)CCCCCCCC/C=C\C/C=C\C/C=C\C/C=C\CC. The Morgan fingerprint density at radius 3 is 0.847 bits per heavy atom. The number of carbonyl (C=O) groups is 3. The summed E-state index contributed by atoms with van der Waals surface area (Å²) in [5.74, 6) is -0.899. The molecule has 0 aliphatic heterocycles. The molecule has 6 heteroatoms. The van der Waals surface area contributed by atoms with Gasteiger partial charge in [0, 0.05) is 19.3 Å². The Morgan fingerprint density at radius 1 is 0.292 bits per heavy atom. The predicted octanol–water partition coefficient (Wildman–Crippen LogP) is 20.5. The van der Waals surface area contributed by atoms with Gasteiger partial charge in [-0.25, -0.2) is 0 Å². The summed E-state index contributed by atoms with van der Waals surface area (Å²) >= 11 is 0. The molecule has 72 heavy (non-hydrogen) atoms. The van der Waals surface area contributed by atoms with Crippen LogP contribution in [0.25, 0.3) is 0 Å². The van der Waals surface area contributed by atoms with Gasteiger partial charge in [0.2, 0.25) is 0 Å². The first-order valence-corrected chi connectivity index (χ1v) is 30.2. The zero-order chi connectivity index (χ0) is 52.2. The minimum Gasteiger partial charge on any atom is -0.462 e. The second-order valence-electron chi connectivity index (χ2n) is 19.9. The number of esters is 3. The van der Waals surface area contributed by atoms with E-state index in [0.717, 1.165) is 122 Å². The Morgan fingerprint density at radius 2 is 0.542 bits per heavy atom. The van der Waals surface area contributed by atoms with Crippen molar-refractivity contribution in [2.75, 3.05) is 13.2 Å². The van der Waals surface area contributed by atoms with Crippen LogP contribution in [0.3, 0.4) is 0 Å². The van der Waals surface area contributed by atoms with Crippen molar-refractivity contribution in [3.8, 4) is 0 Å². The fraction of sp³-hybridized carbons (Fsp3) is 0.712. The third-order valence-corrected chi connectivity index (χ3v) is 12.8. The van der Waals surface area contributed by atoms with E-state index in [-0.39, 0.29) is 31.1 Å². The summed E-state index contributed by atoms with van der Waals surface area (Å²) in [6.07, 6.45) is 80.2. The molecule has 0 aromatic rings. The van der Waals surface area contributed by atoms with Crippen LogP contribution in [0.15, 0.2) is 97.2 Å². The Kier molecular flexibility index (Phi) is 56.8. The van der Waals surface area contributed by atoms with Crippen LogP contribution in [0, 0.1) is 0 Å². The lowest BCUT2D eigenvalue weighted by molar-refractivity contribution is -0.167. The van der Waals surface area contributed by atoms with E-state index in [0.29, 0.717) is 19.3 Å². The molecular formula is C66H112O6. The number of rotatable bonds is 54. The molecule has 0 aliphatic rings. The predicted molar refractivity (Wildman–Crippen MR) is 311 cm³/mol. The van der Waals surface area contributed by atoms with Crippen LogP contribution in [-0.4, -0.2) is 37.2 Å². The number of allylic oxidation sites excluding steroid dienone is 16. The largest absolute Gasteiger partial charge is 0.462 e. The number of carbonyl (C=O) groups excluding carboxylic acids is 3. The maximum atomic E-state index is 12.8. The molecule has 412 valence electrons. The number of hydrogen-bond acceptors (Lipinski definition) is 6. The third kappa shape index (κ3) is 57.2. The Balaban J connectivity index is 4.08. The highest BCUT2D eigenvalue weighted by Gasteiger charge is 2.19. The van der Waals surface area contributed by atoms with Gasteiger partial charge in [0.05, 0.1) is 0 Å². The average Bonchev–Trinajstić information content (AvgIpc) is 3.38. The van der Waals surface area contributed by atoms with Gasteiger partial charge in [-0.2, -0.15) is 0 Å². The first kappa shape index (κ1) is 68.3. The molecule has 6 nitrogen and oxygen atoms in total. The van der Waals surface area contributed by atoms with E-state index in [2.05, 4.69) is 118 Å². The minimum absolute atomic E-state index is 0.0814. The number of ether oxygens (including phenoxy) is 3. The maximum Gasteiger partial charge on any atom is 0.306 e. The lowest BCUT2D eigenvalue weighted by Crippen LogP contribution is -2.30. The molecule has 0 aromatic carbocycles. The van der Waals surface area contributed by atoms with Crippen molar-refractivity contribution in [2.45, 2.75) is 290 Å². The zero-order valence-corrected chi connectivity index (χ0v) is 47.2. The molecule has 1 unspecified atom stereocenters. The van der Waals surface area contributed by atoms with Gasteiger partial charge in [-0.1, -0.05) is 266 Å². The molecule has 0 fully saturated rings.